The van der Waals surface area contributed by atoms with E-state index in [4.69, 9.17) is 0 Å². The van der Waals surface area contributed by atoms with Crippen molar-refractivity contribution < 1.29 is 0 Å². The summed E-state index contributed by atoms with van der Waals surface area (Å²) in [5, 5.41) is 1.23. The molecule has 2 rings (SSSR count). The van der Waals surface area contributed by atoms with E-state index in [0.717, 1.165) is 5.52 Å². The van der Waals surface area contributed by atoms with Crippen LogP contribution in [0.2, 0.25) is 0 Å². The normalized spacial score (nSPS) is 11.4. The van der Waals surface area contributed by atoms with Crippen LogP contribution in [0.15, 0.2) is 18.2 Å². The highest BCUT2D eigenvalue weighted by molar-refractivity contribution is 14.1. The summed E-state index contributed by atoms with van der Waals surface area (Å²) >= 11 is 4.14. The predicted octanol–water partition coefficient (Wildman–Crippen LogP) is 4.02. The minimum absolute atomic E-state index is 0.537. The molecule has 0 aliphatic heterocycles. The van der Waals surface area contributed by atoms with Crippen molar-refractivity contribution in [1.82, 2.24) is 4.98 Å². The Labute approximate surface area is 95.3 Å². The molecule has 1 heterocycles. The quantitative estimate of drug-likeness (QED) is 0.725. The van der Waals surface area contributed by atoms with Crippen molar-refractivity contribution >= 4 is 44.1 Å². The lowest BCUT2D eigenvalue weighted by Gasteiger charge is -1.94. The van der Waals surface area contributed by atoms with Crippen molar-refractivity contribution in [2.45, 2.75) is 19.8 Å². The molecule has 0 bridgehead atoms. The molecule has 1 nitrogen and oxygen atoms in total. The van der Waals surface area contributed by atoms with Gasteiger partial charge in [0.15, 0.2) is 0 Å². The molecule has 0 spiro atoms. The Hall–Kier alpha value is -0.160. The molecule has 13 heavy (non-hydrogen) atoms. The Morgan fingerprint density at radius 1 is 1.38 bits per heavy atom. The van der Waals surface area contributed by atoms with Gasteiger partial charge in [-0.1, -0.05) is 13.8 Å². The molecular formula is C10H10INS. The van der Waals surface area contributed by atoms with Crippen LogP contribution in [0, 0.1) is 3.57 Å². The SMILES string of the molecule is CC(C)c1nc2ccc(I)cc2s1. The van der Waals surface area contributed by atoms with Gasteiger partial charge in [-0.15, -0.1) is 11.3 Å². The van der Waals surface area contributed by atoms with Gasteiger partial charge in [0.05, 0.1) is 15.2 Å². The molecule has 0 saturated heterocycles. The van der Waals surface area contributed by atoms with Gasteiger partial charge in [0.2, 0.25) is 0 Å². The summed E-state index contributed by atoms with van der Waals surface area (Å²) in [5.74, 6) is 0.537. The van der Waals surface area contributed by atoms with E-state index in [9.17, 15) is 0 Å². The third kappa shape index (κ3) is 1.86. The van der Waals surface area contributed by atoms with Crippen LogP contribution in [0.3, 0.4) is 0 Å². The molecule has 0 aliphatic rings. The summed E-state index contributed by atoms with van der Waals surface area (Å²) in [6.07, 6.45) is 0. The van der Waals surface area contributed by atoms with Crippen molar-refractivity contribution in [3.05, 3.63) is 26.8 Å². The van der Waals surface area contributed by atoms with Crippen LogP contribution >= 0.6 is 33.9 Å². The Morgan fingerprint density at radius 2 is 2.15 bits per heavy atom. The molecule has 3 heteroatoms. The van der Waals surface area contributed by atoms with Gasteiger partial charge in [-0.05, 0) is 40.8 Å². The molecule has 0 N–H and O–H groups in total. The summed E-state index contributed by atoms with van der Waals surface area (Å²) in [7, 11) is 0. The van der Waals surface area contributed by atoms with E-state index in [0.29, 0.717) is 5.92 Å². The minimum Gasteiger partial charge on any atom is -0.241 e. The van der Waals surface area contributed by atoms with Crippen LogP contribution < -0.4 is 0 Å². The first-order valence-corrected chi connectivity index (χ1v) is 6.12. The fraction of sp³-hybridized carbons (Fsp3) is 0.300. The van der Waals surface area contributed by atoms with E-state index in [1.54, 1.807) is 11.3 Å². The monoisotopic (exact) mass is 303 g/mol. The van der Waals surface area contributed by atoms with Crippen molar-refractivity contribution in [2.75, 3.05) is 0 Å². The van der Waals surface area contributed by atoms with Gasteiger partial charge >= 0.3 is 0 Å². The van der Waals surface area contributed by atoms with E-state index in [1.165, 1.54) is 13.3 Å². The number of rotatable bonds is 1. The molecule has 0 radical (unpaired) electrons. The molecule has 1 aromatic carbocycles. The third-order valence-corrected chi connectivity index (χ3v) is 3.85. The van der Waals surface area contributed by atoms with E-state index >= 15 is 0 Å². The fourth-order valence-corrected chi connectivity index (χ4v) is 2.87. The largest absolute Gasteiger partial charge is 0.241 e. The van der Waals surface area contributed by atoms with Gasteiger partial charge in [0, 0.05) is 9.49 Å². The number of hydrogen-bond donors (Lipinski definition) is 0. The van der Waals surface area contributed by atoms with Crippen LogP contribution in [-0.2, 0) is 0 Å². The number of halogens is 1. The molecular weight excluding hydrogens is 293 g/mol. The van der Waals surface area contributed by atoms with E-state index < -0.39 is 0 Å². The first-order chi connectivity index (χ1) is 6.16. The molecule has 0 atom stereocenters. The number of fused-ring (bicyclic) bond motifs is 1. The second-order valence-corrected chi connectivity index (χ2v) is 5.63. The highest BCUT2D eigenvalue weighted by atomic mass is 127. The van der Waals surface area contributed by atoms with Crippen LogP contribution in [0.25, 0.3) is 10.2 Å². The van der Waals surface area contributed by atoms with Crippen LogP contribution in [0.5, 0.6) is 0 Å². The lowest BCUT2D eigenvalue weighted by molar-refractivity contribution is 0.857. The van der Waals surface area contributed by atoms with Gasteiger partial charge in [0.25, 0.3) is 0 Å². The van der Waals surface area contributed by atoms with Crippen LogP contribution in [-0.4, -0.2) is 4.98 Å². The zero-order valence-electron chi connectivity index (χ0n) is 7.54. The second kappa shape index (κ2) is 3.53. The maximum atomic E-state index is 4.57. The Morgan fingerprint density at radius 3 is 2.85 bits per heavy atom. The van der Waals surface area contributed by atoms with Crippen LogP contribution in [0.1, 0.15) is 24.8 Å². The number of benzene rings is 1. The van der Waals surface area contributed by atoms with E-state index in [-0.39, 0.29) is 0 Å². The molecule has 0 saturated carbocycles. The number of hydrogen-bond acceptors (Lipinski definition) is 2. The first kappa shape index (κ1) is 9.40. The molecule has 68 valence electrons. The van der Waals surface area contributed by atoms with E-state index in [2.05, 4.69) is 59.6 Å². The number of thiazole rings is 1. The Bertz CT molecular complexity index is 433. The lowest BCUT2D eigenvalue weighted by atomic mass is 10.2. The summed E-state index contributed by atoms with van der Waals surface area (Å²) in [6, 6.07) is 6.39. The van der Waals surface area contributed by atoms with Gasteiger partial charge in [-0.25, -0.2) is 4.98 Å². The maximum Gasteiger partial charge on any atom is 0.0963 e. The van der Waals surface area contributed by atoms with Gasteiger partial charge in [-0.3, -0.25) is 0 Å². The number of nitrogens with zero attached hydrogens (tertiary/aromatic N) is 1. The smallest absolute Gasteiger partial charge is 0.0963 e. The summed E-state index contributed by atoms with van der Waals surface area (Å²) < 4.78 is 2.58. The first-order valence-electron chi connectivity index (χ1n) is 4.23. The number of aromatic nitrogens is 1. The standard InChI is InChI=1S/C10H10INS/c1-6(2)10-12-8-4-3-7(11)5-9(8)13-10/h3-6H,1-2H3. The predicted molar refractivity (Wildman–Crippen MR) is 66.4 cm³/mol. The third-order valence-electron chi connectivity index (χ3n) is 1.86. The average molecular weight is 303 g/mol. The Balaban J connectivity index is 2.62. The molecule has 2 aromatic rings. The average Bonchev–Trinajstić information content (AvgIpc) is 2.46. The lowest BCUT2D eigenvalue weighted by Crippen LogP contribution is -1.82. The minimum atomic E-state index is 0.537. The Kier molecular flexibility index (Phi) is 2.55. The zero-order chi connectivity index (χ0) is 9.42. The summed E-state index contributed by atoms with van der Waals surface area (Å²) in [5.41, 5.74) is 1.13. The highest BCUT2D eigenvalue weighted by Gasteiger charge is 2.06. The van der Waals surface area contributed by atoms with Crippen molar-refractivity contribution in [3.8, 4) is 0 Å². The van der Waals surface area contributed by atoms with Crippen molar-refractivity contribution in [1.29, 1.82) is 0 Å². The summed E-state index contributed by atoms with van der Waals surface area (Å²) in [4.78, 5) is 4.57. The molecule has 0 unspecified atom stereocenters. The fourth-order valence-electron chi connectivity index (χ4n) is 1.16. The molecule has 0 aliphatic carbocycles. The summed E-state index contributed by atoms with van der Waals surface area (Å²) in [6.45, 7) is 4.37. The molecule has 0 fully saturated rings. The zero-order valence-corrected chi connectivity index (χ0v) is 10.5. The van der Waals surface area contributed by atoms with Gasteiger partial charge in [-0.2, -0.15) is 0 Å². The van der Waals surface area contributed by atoms with E-state index in [1.807, 2.05) is 0 Å². The van der Waals surface area contributed by atoms with Gasteiger partial charge in [0.1, 0.15) is 0 Å². The highest BCUT2D eigenvalue weighted by Crippen LogP contribution is 2.28. The van der Waals surface area contributed by atoms with Crippen molar-refractivity contribution in [2.24, 2.45) is 0 Å². The maximum absolute atomic E-state index is 4.57. The topological polar surface area (TPSA) is 12.9 Å². The van der Waals surface area contributed by atoms with Crippen molar-refractivity contribution in [3.63, 3.8) is 0 Å². The second-order valence-electron chi connectivity index (χ2n) is 3.32. The van der Waals surface area contributed by atoms with Crippen LogP contribution in [0.4, 0.5) is 0 Å². The molecule has 0 amide bonds. The van der Waals surface area contributed by atoms with Gasteiger partial charge < -0.3 is 0 Å². The molecule has 1 aromatic heterocycles.